The van der Waals surface area contributed by atoms with E-state index in [2.05, 4.69) is 13.8 Å². The van der Waals surface area contributed by atoms with E-state index in [0.29, 0.717) is 0 Å². The van der Waals surface area contributed by atoms with Crippen molar-refractivity contribution in [1.29, 1.82) is 0 Å². The summed E-state index contributed by atoms with van der Waals surface area (Å²) in [6.45, 7) is 7.54. The first-order chi connectivity index (χ1) is 10.6. The number of unbranched alkanes of at least 4 members (excludes halogenated alkanes) is 9. The van der Waals surface area contributed by atoms with Gasteiger partial charge in [-0.1, -0.05) is 64.7 Å². The average Bonchev–Trinajstić information content (AvgIpc) is 2.40. The van der Waals surface area contributed by atoms with Gasteiger partial charge >= 0.3 is 45.9 Å². The second-order valence-corrected chi connectivity index (χ2v) is 6.15. The largest absolute Gasteiger partial charge is 1.00 e. The molecule has 0 aliphatic rings. The van der Waals surface area contributed by atoms with Crippen molar-refractivity contribution in [2.45, 2.75) is 84.1 Å². The van der Waals surface area contributed by atoms with Gasteiger partial charge in [0.2, 0.25) is 0 Å². The van der Waals surface area contributed by atoms with Gasteiger partial charge in [-0.05, 0) is 6.92 Å². The summed E-state index contributed by atoms with van der Waals surface area (Å²) in [4.78, 5) is 9.57. The Morgan fingerprint density at radius 1 is 1.00 bits per heavy atom. The number of hydrogen-bond donors (Lipinski definition) is 4. The SMILES string of the molecule is CC(N)C(=O)O.O=S(=O)(O)O.[CH2-]CCCCCCCCCCC.[Na+]. The predicted molar refractivity (Wildman–Crippen MR) is 92.7 cm³/mol. The Labute approximate surface area is 169 Å². The molecule has 0 bridgehead atoms. The molecule has 0 saturated carbocycles. The second kappa shape index (κ2) is 23.3. The van der Waals surface area contributed by atoms with Crippen LogP contribution in [0.4, 0.5) is 0 Å². The third-order valence-corrected chi connectivity index (χ3v) is 2.74. The van der Waals surface area contributed by atoms with Crippen molar-refractivity contribution in [3.63, 3.8) is 0 Å². The Bertz CT molecular complexity index is 332. The molecule has 0 rings (SSSR count). The molecule has 0 aromatic heterocycles. The molecular weight excluding hydrogens is 345 g/mol. The van der Waals surface area contributed by atoms with E-state index in [1.54, 1.807) is 0 Å². The topological polar surface area (TPSA) is 138 Å². The zero-order valence-electron chi connectivity index (χ0n) is 15.4. The van der Waals surface area contributed by atoms with Gasteiger partial charge in [-0.2, -0.15) is 14.8 Å². The molecule has 142 valence electrons. The second-order valence-electron chi connectivity index (χ2n) is 5.26. The van der Waals surface area contributed by atoms with Crippen LogP contribution in [0.2, 0.25) is 0 Å². The van der Waals surface area contributed by atoms with Crippen molar-refractivity contribution in [3.8, 4) is 0 Å². The molecule has 0 aromatic rings. The third kappa shape index (κ3) is 57.2. The van der Waals surface area contributed by atoms with E-state index in [-0.39, 0.29) is 29.6 Å². The fourth-order valence-electron chi connectivity index (χ4n) is 1.49. The molecule has 1 atom stereocenters. The maximum Gasteiger partial charge on any atom is 1.00 e. The van der Waals surface area contributed by atoms with Crippen LogP contribution in [-0.2, 0) is 15.2 Å². The summed E-state index contributed by atoms with van der Waals surface area (Å²) in [6.07, 6.45) is 13.9. The molecule has 0 fully saturated rings. The Kier molecular flexibility index (Phi) is 31.1. The van der Waals surface area contributed by atoms with Gasteiger partial charge in [-0.25, -0.2) is 0 Å². The van der Waals surface area contributed by atoms with Crippen LogP contribution in [0.15, 0.2) is 0 Å². The normalized spacial score (nSPS) is 11.1. The van der Waals surface area contributed by atoms with E-state index in [4.69, 9.17) is 28.4 Å². The van der Waals surface area contributed by atoms with Crippen molar-refractivity contribution in [3.05, 3.63) is 6.92 Å². The van der Waals surface area contributed by atoms with E-state index in [0.717, 1.165) is 6.42 Å². The molecule has 0 aliphatic carbocycles. The summed E-state index contributed by atoms with van der Waals surface area (Å²) in [7, 11) is -4.67. The standard InChI is InChI=1S/C12H25.C3H7NO2.Na.H2O4S/c1-3-5-7-9-11-12-10-8-6-4-2;1-2(4)3(5)6;;1-5(2,3)4/h1,3-12H2,2H3;2H,4H2,1H3,(H,5,6);;(H2,1,2,3,4)/q-1;;+1;. The first kappa shape index (κ1) is 32.0. The number of carboxylic acids is 1. The predicted octanol–water partition coefficient (Wildman–Crippen LogP) is 0.511. The summed E-state index contributed by atoms with van der Waals surface area (Å²) < 4.78 is 31.6. The zero-order chi connectivity index (χ0) is 18.7. The van der Waals surface area contributed by atoms with Crippen LogP contribution >= 0.6 is 0 Å². The fourth-order valence-corrected chi connectivity index (χ4v) is 1.49. The van der Waals surface area contributed by atoms with Crippen LogP contribution in [0.5, 0.6) is 0 Å². The van der Waals surface area contributed by atoms with Crippen LogP contribution in [-0.4, -0.2) is 34.6 Å². The minimum atomic E-state index is -4.67. The van der Waals surface area contributed by atoms with Gasteiger partial charge in [0.05, 0.1) is 0 Å². The van der Waals surface area contributed by atoms with Crippen molar-refractivity contribution >= 4 is 16.4 Å². The Morgan fingerprint density at radius 3 is 1.46 bits per heavy atom. The molecule has 0 radical (unpaired) electrons. The van der Waals surface area contributed by atoms with Gasteiger partial charge in [-0.3, -0.25) is 13.9 Å². The molecule has 5 N–H and O–H groups in total. The quantitative estimate of drug-likeness (QED) is 0.188. The summed E-state index contributed by atoms with van der Waals surface area (Å²) >= 11 is 0. The van der Waals surface area contributed by atoms with Crippen LogP contribution < -0.4 is 35.3 Å². The average molecular weight is 379 g/mol. The molecule has 0 spiro atoms. The number of aliphatic carboxylic acids is 1. The molecule has 0 aliphatic heterocycles. The first-order valence-corrected chi connectivity index (χ1v) is 9.43. The number of carbonyl (C=O) groups is 1. The number of hydrogen-bond acceptors (Lipinski definition) is 4. The summed E-state index contributed by atoms with van der Waals surface area (Å²) in [5, 5.41) is 7.87. The Hall–Kier alpha value is 0.300. The molecule has 24 heavy (non-hydrogen) atoms. The van der Waals surface area contributed by atoms with E-state index in [9.17, 15) is 4.79 Å². The van der Waals surface area contributed by atoms with Crippen LogP contribution in [0.25, 0.3) is 0 Å². The van der Waals surface area contributed by atoms with Crippen molar-refractivity contribution in [2.24, 2.45) is 5.73 Å². The Morgan fingerprint density at radius 2 is 1.25 bits per heavy atom. The molecular formula is C15H34NNaO6S. The molecule has 0 heterocycles. The molecule has 0 amide bonds. The summed E-state index contributed by atoms with van der Waals surface area (Å²) in [6, 6.07) is -0.731. The number of nitrogens with two attached hydrogens (primary N) is 1. The maximum absolute atomic E-state index is 9.57. The fraction of sp³-hybridized carbons (Fsp3) is 0.867. The smallest absolute Gasteiger partial charge is 0.480 e. The van der Waals surface area contributed by atoms with E-state index >= 15 is 0 Å². The van der Waals surface area contributed by atoms with Gasteiger partial charge < -0.3 is 17.8 Å². The zero-order valence-corrected chi connectivity index (χ0v) is 18.2. The molecule has 0 saturated heterocycles. The summed E-state index contributed by atoms with van der Waals surface area (Å²) in [5.41, 5.74) is 4.84. The van der Waals surface area contributed by atoms with Crippen LogP contribution in [0, 0.1) is 6.92 Å². The molecule has 0 aromatic carbocycles. The number of rotatable bonds is 10. The van der Waals surface area contributed by atoms with Crippen molar-refractivity contribution in [2.75, 3.05) is 0 Å². The third-order valence-electron chi connectivity index (χ3n) is 2.74. The molecule has 9 heteroatoms. The number of carboxylic acid groups (broad SMARTS) is 1. The monoisotopic (exact) mass is 379 g/mol. The van der Waals surface area contributed by atoms with Crippen molar-refractivity contribution < 1.29 is 57.0 Å². The minimum absolute atomic E-state index is 0. The Balaban J connectivity index is -0.000000140. The van der Waals surface area contributed by atoms with E-state index in [1.165, 1.54) is 64.7 Å². The van der Waals surface area contributed by atoms with Crippen molar-refractivity contribution in [1.82, 2.24) is 0 Å². The first-order valence-electron chi connectivity index (χ1n) is 8.03. The van der Waals surface area contributed by atoms with E-state index in [1.807, 2.05) is 0 Å². The van der Waals surface area contributed by atoms with Gasteiger partial charge in [0, 0.05) is 0 Å². The van der Waals surface area contributed by atoms with Gasteiger partial charge in [-0.15, -0.1) is 0 Å². The van der Waals surface area contributed by atoms with E-state index < -0.39 is 22.4 Å². The molecule has 7 nitrogen and oxygen atoms in total. The van der Waals surface area contributed by atoms with Gasteiger partial charge in [0.25, 0.3) is 0 Å². The maximum atomic E-state index is 9.57. The van der Waals surface area contributed by atoms with Gasteiger partial charge in [0.15, 0.2) is 0 Å². The minimum Gasteiger partial charge on any atom is -0.480 e. The van der Waals surface area contributed by atoms with Gasteiger partial charge in [0.1, 0.15) is 6.04 Å². The van der Waals surface area contributed by atoms with Crippen LogP contribution in [0.3, 0.4) is 0 Å². The summed E-state index contributed by atoms with van der Waals surface area (Å²) in [5.74, 6) is -0.963. The molecule has 1 unspecified atom stereocenters. The van der Waals surface area contributed by atoms with Crippen LogP contribution in [0.1, 0.15) is 78.1 Å².